The number of halogens is 1. The van der Waals surface area contributed by atoms with Crippen LogP contribution in [0.5, 0.6) is 0 Å². The second-order valence-corrected chi connectivity index (χ2v) is 7.98. The van der Waals surface area contributed by atoms with Crippen LogP contribution in [0.2, 0.25) is 5.02 Å². The zero-order chi connectivity index (χ0) is 15.6. The molecule has 8 heteroatoms. The van der Waals surface area contributed by atoms with Crippen LogP contribution in [0.25, 0.3) is 0 Å². The highest BCUT2D eigenvalue weighted by Gasteiger charge is 2.26. The van der Waals surface area contributed by atoms with Crippen LogP contribution in [0.15, 0.2) is 0 Å². The molecule has 2 heterocycles. The van der Waals surface area contributed by atoms with Crippen LogP contribution >= 0.6 is 11.6 Å². The maximum Gasteiger partial charge on any atom is 0.153 e. The average Bonchev–Trinajstić information content (AvgIpc) is 2.65. The molecule has 0 amide bonds. The highest BCUT2D eigenvalue weighted by molar-refractivity contribution is 7.91. The van der Waals surface area contributed by atoms with E-state index in [-0.39, 0.29) is 36.2 Å². The quantitative estimate of drug-likeness (QED) is 0.850. The number of carbonyl (C=O) groups is 1. The summed E-state index contributed by atoms with van der Waals surface area (Å²) in [4.78, 5) is 12.2. The molecule has 21 heavy (non-hydrogen) atoms. The molecule has 0 spiro atoms. The van der Waals surface area contributed by atoms with Crippen LogP contribution in [0.1, 0.15) is 24.7 Å². The molecule has 118 valence electrons. The summed E-state index contributed by atoms with van der Waals surface area (Å²) < 4.78 is 24.8. The van der Waals surface area contributed by atoms with E-state index in [0.717, 1.165) is 5.69 Å². The predicted molar refractivity (Wildman–Crippen MR) is 81.4 cm³/mol. The molecular formula is C13H20ClN3O3S. The van der Waals surface area contributed by atoms with Crippen molar-refractivity contribution in [3.8, 4) is 0 Å². The number of nitrogens with one attached hydrogen (secondary N) is 1. The third kappa shape index (κ3) is 4.05. The molecule has 0 bridgehead atoms. The van der Waals surface area contributed by atoms with E-state index in [9.17, 15) is 13.2 Å². The van der Waals surface area contributed by atoms with Crippen molar-refractivity contribution in [3.05, 3.63) is 16.4 Å². The van der Waals surface area contributed by atoms with Crippen molar-refractivity contribution < 1.29 is 13.2 Å². The molecule has 2 rings (SSSR count). The van der Waals surface area contributed by atoms with Gasteiger partial charge in [-0.3, -0.25) is 9.48 Å². The Kier molecular flexibility index (Phi) is 5.06. The Morgan fingerprint density at radius 2 is 2.24 bits per heavy atom. The molecule has 1 fully saturated rings. The molecule has 1 unspecified atom stereocenters. The van der Waals surface area contributed by atoms with Gasteiger partial charge in [-0.05, 0) is 6.42 Å². The Morgan fingerprint density at radius 1 is 1.52 bits per heavy atom. The number of hydrogen-bond donors (Lipinski definition) is 1. The maximum absolute atomic E-state index is 12.2. The fourth-order valence-corrected chi connectivity index (χ4v) is 4.35. The van der Waals surface area contributed by atoms with E-state index in [2.05, 4.69) is 10.4 Å². The van der Waals surface area contributed by atoms with Crippen LogP contribution < -0.4 is 5.32 Å². The van der Waals surface area contributed by atoms with Crippen LogP contribution in [0.3, 0.4) is 0 Å². The number of nitrogens with zero attached hydrogens (tertiary/aromatic N) is 2. The van der Waals surface area contributed by atoms with Gasteiger partial charge in [-0.2, -0.15) is 5.10 Å². The topological polar surface area (TPSA) is 81.1 Å². The van der Waals surface area contributed by atoms with Gasteiger partial charge in [-0.25, -0.2) is 8.42 Å². The molecule has 0 saturated carbocycles. The molecule has 1 aromatic heterocycles. The summed E-state index contributed by atoms with van der Waals surface area (Å²) in [5.74, 6) is 0.139. The molecule has 0 radical (unpaired) electrons. The van der Waals surface area contributed by atoms with Gasteiger partial charge in [0.1, 0.15) is 5.78 Å². The van der Waals surface area contributed by atoms with E-state index in [1.165, 1.54) is 0 Å². The number of carbonyl (C=O) groups excluding carboxylic acids is 1. The standard InChI is InChI=1S/C13H20ClN3O3S/c1-3-11-13(14)12(17(2)16-11)7-10(18)6-9-8-21(19,20)5-4-15-9/h9,15H,3-8H2,1-2H3. The number of hydrogen-bond acceptors (Lipinski definition) is 5. The second kappa shape index (κ2) is 6.46. The van der Waals surface area contributed by atoms with Gasteiger partial charge in [0.15, 0.2) is 9.84 Å². The highest BCUT2D eigenvalue weighted by Crippen LogP contribution is 2.22. The van der Waals surface area contributed by atoms with Gasteiger partial charge in [0.2, 0.25) is 0 Å². The monoisotopic (exact) mass is 333 g/mol. The van der Waals surface area contributed by atoms with Crippen molar-refractivity contribution in [1.82, 2.24) is 15.1 Å². The first-order valence-corrected chi connectivity index (χ1v) is 9.18. The molecular weight excluding hydrogens is 314 g/mol. The SMILES string of the molecule is CCc1nn(C)c(CC(=O)CC2CS(=O)(=O)CCN2)c1Cl. The largest absolute Gasteiger partial charge is 0.312 e. The van der Waals surface area contributed by atoms with Gasteiger partial charge in [0, 0.05) is 32.5 Å². The predicted octanol–water partition coefficient (Wildman–Crippen LogP) is 0.524. The number of aromatic nitrogens is 2. The number of aryl methyl sites for hydroxylation is 2. The minimum absolute atomic E-state index is 0.0259. The number of sulfone groups is 1. The van der Waals surface area contributed by atoms with Crippen LogP contribution in [0, 0.1) is 0 Å². The van der Waals surface area contributed by atoms with Gasteiger partial charge in [0.05, 0.1) is 27.9 Å². The summed E-state index contributed by atoms with van der Waals surface area (Å²) >= 11 is 6.21. The Balaban J connectivity index is 2.01. The number of rotatable bonds is 5. The lowest BCUT2D eigenvalue weighted by molar-refractivity contribution is -0.118. The smallest absolute Gasteiger partial charge is 0.153 e. The zero-order valence-corrected chi connectivity index (χ0v) is 13.8. The maximum atomic E-state index is 12.2. The van der Waals surface area contributed by atoms with Gasteiger partial charge in [-0.1, -0.05) is 18.5 Å². The van der Waals surface area contributed by atoms with Crippen LogP contribution in [-0.4, -0.2) is 48.1 Å². The van der Waals surface area contributed by atoms with E-state index >= 15 is 0 Å². The molecule has 0 aliphatic carbocycles. The minimum atomic E-state index is -3.02. The fourth-order valence-electron chi connectivity index (χ4n) is 2.54. The average molecular weight is 334 g/mol. The third-order valence-corrected chi connectivity index (χ3v) is 5.82. The van der Waals surface area contributed by atoms with Crippen LogP contribution in [0.4, 0.5) is 0 Å². The first-order valence-electron chi connectivity index (χ1n) is 6.98. The van der Waals surface area contributed by atoms with E-state index in [0.29, 0.717) is 23.7 Å². The van der Waals surface area contributed by atoms with E-state index in [1.807, 2.05) is 6.92 Å². The molecule has 1 aliphatic heterocycles. The fraction of sp³-hybridized carbons (Fsp3) is 0.692. The van der Waals surface area contributed by atoms with Gasteiger partial charge in [-0.15, -0.1) is 0 Å². The molecule has 1 aromatic rings. The van der Waals surface area contributed by atoms with Gasteiger partial charge < -0.3 is 5.32 Å². The minimum Gasteiger partial charge on any atom is -0.312 e. The molecule has 0 aromatic carbocycles. The van der Waals surface area contributed by atoms with Crippen molar-refractivity contribution in [2.75, 3.05) is 18.1 Å². The summed E-state index contributed by atoms with van der Waals surface area (Å²) in [6.45, 7) is 2.36. The summed E-state index contributed by atoms with van der Waals surface area (Å²) in [6.07, 6.45) is 1.09. The Hall–Kier alpha value is -0.920. The first-order chi connectivity index (χ1) is 9.82. The summed E-state index contributed by atoms with van der Waals surface area (Å²) in [7, 11) is -1.26. The normalized spacial score (nSPS) is 21.4. The lowest BCUT2D eigenvalue weighted by atomic mass is 10.1. The Labute approximate surface area is 129 Å². The van der Waals surface area contributed by atoms with E-state index in [1.54, 1.807) is 11.7 Å². The Morgan fingerprint density at radius 3 is 2.81 bits per heavy atom. The molecule has 1 saturated heterocycles. The molecule has 6 nitrogen and oxygen atoms in total. The van der Waals surface area contributed by atoms with Crippen LogP contribution in [-0.2, 0) is 34.5 Å². The van der Waals surface area contributed by atoms with Crippen molar-refractivity contribution in [1.29, 1.82) is 0 Å². The number of Topliss-reactive ketones (excluding diaryl/α,β-unsaturated/α-hetero) is 1. The van der Waals surface area contributed by atoms with E-state index < -0.39 is 9.84 Å². The lowest BCUT2D eigenvalue weighted by Gasteiger charge is -2.22. The third-order valence-electron chi connectivity index (χ3n) is 3.64. The van der Waals surface area contributed by atoms with E-state index in [4.69, 9.17) is 11.6 Å². The lowest BCUT2D eigenvalue weighted by Crippen LogP contribution is -2.46. The number of ketones is 1. The molecule has 1 N–H and O–H groups in total. The summed E-state index contributed by atoms with van der Waals surface area (Å²) in [6, 6.07) is -0.297. The highest BCUT2D eigenvalue weighted by atomic mass is 35.5. The first kappa shape index (κ1) is 16.5. The zero-order valence-electron chi connectivity index (χ0n) is 12.2. The Bertz CT molecular complexity index is 639. The van der Waals surface area contributed by atoms with Crippen molar-refractivity contribution >= 4 is 27.2 Å². The second-order valence-electron chi connectivity index (χ2n) is 5.37. The van der Waals surface area contributed by atoms with Crippen molar-refractivity contribution in [2.24, 2.45) is 7.05 Å². The molecule has 1 atom stereocenters. The summed E-state index contributed by atoms with van der Waals surface area (Å²) in [5, 5.41) is 7.89. The van der Waals surface area contributed by atoms with Gasteiger partial charge in [0.25, 0.3) is 0 Å². The van der Waals surface area contributed by atoms with Crippen molar-refractivity contribution in [2.45, 2.75) is 32.2 Å². The van der Waals surface area contributed by atoms with Crippen molar-refractivity contribution in [3.63, 3.8) is 0 Å². The van der Waals surface area contributed by atoms with Gasteiger partial charge >= 0.3 is 0 Å². The molecule has 1 aliphatic rings. The summed E-state index contributed by atoms with van der Waals surface area (Å²) in [5.41, 5.74) is 1.47.